The predicted molar refractivity (Wildman–Crippen MR) is 94.4 cm³/mol. The van der Waals surface area contributed by atoms with Gasteiger partial charge < -0.3 is 0 Å². The molecular formula is C20H16BrF. The van der Waals surface area contributed by atoms with Crippen molar-refractivity contribution in [2.24, 2.45) is 0 Å². The van der Waals surface area contributed by atoms with Gasteiger partial charge in [-0.1, -0.05) is 71.4 Å². The van der Waals surface area contributed by atoms with E-state index in [1.54, 1.807) is 6.07 Å². The van der Waals surface area contributed by atoms with Crippen molar-refractivity contribution in [1.29, 1.82) is 0 Å². The summed E-state index contributed by atoms with van der Waals surface area (Å²) in [6.07, 6.45) is 0.866. The number of rotatable bonds is 3. The molecular weight excluding hydrogens is 339 g/mol. The predicted octanol–water partition coefficient (Wildman–Crippen LogP) is 6.48. The van der Waals surface area contributed by atoms with Crippen molar-refractivity contribution in [3.05, 3.63) is 82.6 Å². The molecule has 0 N–H and O–H groups in total. The van der Waals surface area contributed by atoms with Crippen LogP contribution in [0.2, 0.25) is 0 Å². The van der Waals surface area contributed by atoms with Crippen molar-refractivity contribution < 1.29 is 4.39 Å². The van der Waals surface area contributed by atoms with E-state index in [1.165, 1.54) is 6.07 Å². The van der Waals surface area contributed by atoms with E-state index in [9.17, 15) is 4.39 Å². The van der Waals surface area contributed by atoms with Crippen molar-refractivity contribution in [3.63, 3.8) is 0 Å². The standard InChI is InChI=1S/C20H16BrF/c1-2-14-11-12-16(15-7-4-3-5-8-15)13-17(14)20-18(21)9-6-10-19(20)22/h3-13H,2H2,1H3. The Balaban J connectivity index is 2.22. The molecule has 0 saturated carbocycles. The molecule has 0 bridgehead atoms. The van der Waals surface area contributed by atoms with E-state index in [4.69, 9.17) is 0 Å². The first-order valence-corrected chi connectivity index (χ1v) is 8.12. The first kappa shape index (κ1) is 15.0. The Morgan fingerprint density at radius 2 is 1.64 bits per heavy atom. The average Bonchev–Trinajstić information content (AvgIpc) is 2.55. The molecule has 0 radical (unpaired) electrons. The molecule has 0 aliphatic carbocycles. The summed E-state index contributed by atoms with van der Waals surface area (Å²) in [5.41, 5.74) is 4.97. The van der Waals surface area contributed by atoms with E-state index < -0.39 is 0 Å². The molecule has 0 aliphatic rings. The maximum absolute atomic E-state index is 14.4. The van der Waals surface area contributed by atoms with E-state index in [1.807, 2.05) is 24.3 Å². The number of hydrogen-bond acceptors (Lipinski definition) is 0. The number of aryl methyl sites for hydroxylation is 1. The van der Waals surface area contributed by atoms with Gasteiger partial charge in [-0.3, -0.25) is 0 Å². The molecule has 0 aromatic heterocycles. The zero-order chi connectivity index (χ0) is 15.5. The van der Waals surface area contributed by atoms with Crippen LogP contribution < -0.4 is 0 Å². The first-order chi connectivity index (χ1) is 10.7. The summed E-state index contributed by atoms with van der Waals surface area (Å²) in [4.78, 5) is 0. The third-order valence-corrected chi connectivity index (χ3v) is 4.49. The van der Waals surface area contributed by atoms with E-state index in [-0.39, 0.29) is 5.82 Å². The largest absolute Gasteiger partial charge is 0.206 e. The second kappa shape index (κ2) is 6.45. The first-order valence-electron chi connectivity index (χ1n) is 7.33. The minimum Gasteiger partial charge on any atom is -0.206 e. The number of benzene rings is 3. The Morgan fingerprint density at radius 1 is 0.864 bits per heavy atom. The van der Waals surface area contributed by atoms with Crippen LogP contribution in [0, 0.1) is 5.82 Å². The maximum atomic E-state index is 14.4. The Hall–Kier alpha value is -1.93. The molecule has 0 amide bonds. The van der Waals surface area contributed by atoms with Crippen LogP contribution in [0.3, 0.4) is 0 Å². The molecule has 3 aromatic rings. The summed E-state index contributed by atoms with van der Waals surface area (Å²) in [5.74, 6) is -0.200. The van der Waals surface area contributed by atoms with Crippen LogP contribution in [0.25, 0.3) is 22.3 Å². The smallest absolute Gasteiger partial charge is 0.132 e. The van der Waals surface area contributed by atoms with E-state index in [0.29, 0.717) is 5.56 Å². The lowest BCUT2D eigenvalue weighted by atomic mass is 9.93. The lowest BCUT2D eigenvalue weighted by molar-refractivity contribution is 0.630. The molecule has 0 saturated heterocycles. The fourth-order valence-electron chi connectivity index (χ4n) is 2.68. The van der Waals surface area contributed by atoms with Crippen LogP contribution in [0.5, 0.6) is 0 Å². The Morgan fingerprint density at radius 3 is 2.32 bits per heavy atom. The third kappa shape index (κ3) is 2.84. The molecule has 0 spiro atoms. The summed E-state index contributed by atoms with van der Waals surface area (Å²) in [6.45, 7) is 2.09. The molecule has 3 aromatic carbocycles. The SMILES string of the molecule is CCc1ccc(-c2ccccc2)cc1-c1c(F)cccc1Br. The van der Waals surface area contributed by atoms with Gasteiger partial charge in [-0.05, 0) is 46.9 Å². The third-order valence-electron chi connectivity index (χ3n) is 3.83. The van der Waals surface area contributed by atoms with Crippen molar-refractivity contribution in [3.8, 4) is 22.3 Å². The van der Waals surface area contributed by atoms with Crippen LogP contribution in [0.1, 0.15) is 12.5 Å². The Labute approximate surface area is 138 Å². The molecule has 3 rings (SSSR count). The van der Waals surface area contributed by atoms with E-state index in [2.05, 4.69) is 53.2 Å². The summed E-state index contributed by atoms with van der Waals surface area (Å²) in [5, 5.41) is 0. The lowest BCUT2D eigenvalue weighted by Gasteiger charge is -2.13. The summed E-state index contributed by atoms with van der Waals surface area (Å²) < 4.78 is 15.1. The minimum absolute atomic E-state index is 0.200. The summed E-state index contributed by atoms with van der Waals surface area (Å²) in [6, 6.07) is 21.6. The molecule has 2 heteroatoms. The molecule has 0 fully saturated rings. The molecule has 0 nitrogen and oxygen atoms in total. The Kier molecular flexibility index (Phi) is 4.39. The topological polar surface area (TPSA) is 0 Å². The highest BCUT2D eigenvalue weighted by atomic mass is 79.9. The molecule has 22 heavy (non-hydrogen) atoms. The van der Waals surface area contributed by atoms with Gasteiger partial charge in [-0.15, -0.1) is 0 Å². The van der Waals surface area contributed by atoms with Gasteiger partial charge in [-0.25, -0.2) is 4.39 Å². The number of halogens is 2. The molecule has 0 unspecified atom stereocenters. The van der Waals surface area contributed by atoms with Gasteiger partial charge in [0.2, 0.25) is 0 Å². The van der Waals surface area contributed by atoms with Crippen molar-refractivity contribution in [2.75, 3.05) is 0 Å². The van der Waals surface area contributed by atoms with E-state index in [0.717, 1.165) is 33.1 Å². The minimum atomic E-state index is -0.200. The van der Waals surface area contributed by atoms with Gasteiger partial charge in [-0.2, -0.15) is 0 Å². The quantitative estimate of drug-likeness (QED) is 0.504. The monoisotopic (exact) mass is 354 g/mol. The van der Waals surface area contributed by atoms with Crippen LogP contribution >= 0.6 is 15.9 Å². The second-order valence-electron chi connectivity index (χ2n) is 5.19. The van der Waals surface area contributed by atoms with Gasteiger partial charge in [0.15, 0.2) is 0 Å². The van der Waals surface area contributed by atoms with Crippen LogP contribution in [0.4, 0.5) is 4.39 Å². The molecule has 0 heterocycles. The second-order valence-corrected chi connectivity index (χ2v) is 6.04. The van der Waals surface area contributed by atoms with Gasteiger partial charge in [0, 0.05) is 10.0 Å². The number of hydrogen-bond donors (Lipinski definition) is 0. The van der Waals surface area contributed by atoms with Crippen LogP contribution in [-0.2, 0) is 6.42 Å². The zero-order valence-electron chi connectivity index (χ0n) is 12.3. The molecule has 0 atom stereocenters. The van der Waals surface area contributed by atoms with Crippen LogP contribution in [-0.4, -0.2) is 0 Å². The van der Waals surface area contributed by atoms with Crippen LogP contribution in [0.15, 0.2) is 71.2 Å². The highest BCUT2D eigenvalue weighted by Crippen LogP contribution is 2.36. The fourth-order valence-corrected chi connectivity index (χ4v) is 3.24. The zero-order valence-corrected chi connectivity index (χ0v) is 13.9. The highest BCUT2D eigenvalue weighted by molar-refractivity contribution is 9.10. The maximum Gasteiger partial charge on any atom is 0.132 e. The molecule has 110 valence electrons. The normalized spacial score (nSPS) is 10.7. The van der Waals surface area contributed by atoms with E-state index >= 15 is 0 Å². The molecule has 0 aliphatic heterocycles. The van der Waals surface area contributed by atoms with Crippen molar-refractivity contribution in [2.45, 2.75) is 13.3 Å². The summed E-state index contributed by atoms with van der Waals surface area (Å²) >= 11 is 3.49. The van der Waals surface area contributed by atoms with Crippen molar-refractivity contribution >= 4 is 15.9 Å². The van der Waals surface area contributed by atoms with Gasteiger partial charge >= 0.3 is 0 Å². The average molecular weight is 355 g/mol. The Bertz CT molecular complexity index is 774. The van der Waals surface area contributed by atoms with Gasteiger partial charge in [0.1, 0.15) is 5.82 Å². The lowest BCUT2D eigenvalue weighted by Crippen LogP contribution is -1.93. The highest BCUT2D eigenvalue weighted by Gasteiger charge is 2.13. The van der Waals surface area contributed by atoms with Gasteiger partial charge in [0.05, 0.1) is 0 Å². The van der Waals surface area contributed by atoms with Crippen molar-refractivity contribution in [1.82, 2.24) is 0 Å². The summed E-state index contributed by atoms with van der Waals surface area (Å²) in [7, 11) is 0. The fraction of sp³-hybridized carbons (Fsp3) is 0.100. The van der Waals surface area contributed by atoms with Gasteiger partial charge in [0.25, 0.3) is 0 Å².